The van der Waals surface area contributed by atoms with Crippen LogP contribution in [0.5, 0.6) is 0 Å². The van der Waals surface area contributed by atoms with Crippen molar-refractivity contribution in [3.05, 3.63) is 24.3 Å². The van der Waals surface area contributed by atoms with Crippen LogP contribution in [0.1, 0.15) is 6.92 Å². The lowest BCUT2D eigenvalue weighted by atomic mass is 10.2. The molecule has 1 aromatic rings. The van der Waals surface area contributed by atoms with Crippen molar-refractivity contribution < 1.29 is 14.3 Å². The van der Waals surface area contributed by atoms with E-state index in [1.807, 2.05) is 19.1 Å². The highest BCUT2D eigenvalue weighted by atomic mass is 32.1. The van der Waals surface area contributed by atoms with E-state index >= 15 is 0 Å². The molecule has 0 unspecified atom stereocenters. The van der Waals surface area contributed by atoms with E-state index in [2.05, 4.69) is 20.7 Å². The molecular weight excluding hydrogens is 298 g/mol. The fraction of sp³-hybridized carbons (Fsp3) is 0.250. The minimum Gasteiger partial charge on any atom is -0.471 e. The van der Waals surface area contributed by atoms with Gasteiger partial charge >= 0.3 is 6.09 Å². The van der Waals surface area contributed by atoms with Crippen LogP contribution in [-0.4, -0.2) is 30.1 Å². The Morgan fingerprint density at radius 2 is 1.80 bits per heavy atom. The number of anilines is 2. The monoisotopic (exact) mass is 313 g/mol. The van der Waals surface area contributed by atoms with Crippen LogP contribution in [-0.2, 0) is 9.47 Å². The number of ether oxygens (including phenoxy) is 2. The van der Waals surface area contributed by atoms with Crippen LogP contribution >= 0.6 is 24.4 Å². The summed E-state index contributed by atoms with van der Waals surface area (Å²) in [5.41, 5.74) is 1.33. The van der Waals surface area contributed by atoms with Crippen molar-refractivity contribution in [3.8, 4) is 0 Å². The number of hydrogen-bond donors (Lipinski definition) is 3. The maximum Gasteiger partial charge on any atom is 0.413 e. The smallest absolute Gasteiger partial charge is 0.413 e. The Labute approximate surface area is 127 Å². The molecule has 0 aliphatic rings. The molecule has 6 nitrogen and oxygen atoms in total. The first kappa shape index (κ1) is 16.1. The number of carbonyl (C=O) groups excluding carboxylic acids is 1. The highest BCUT2D eigenvalue weighted by Gasteiger charge is 2.08. The third-order valence-electron chi connectivity index (χ3n) is 2.09. The Balaban J connectivity index is 2.72. The van der Waals surface area contributed by atoms with Gasteiger partial charge in [0.05, 0.1) is 25.1 Å². The van der Waals surface area contributed by atoms with Gasteiger partial charge in [-0.15, -0.1) is 0 Å². The van der Waals surface area contributed by atoms with Gasteiger partial charge in [-0.3, -0.25) is 5.32 Å². The first-order valence-corrected chi connectivity index (χ1v) is 6.57. The van der Waals surface area contributed by atoms with E-state index in [1.54, 1.807) is 12.1 Å². The SMILES string of the molecule is CCOC(=S)Nc1ccccc1NC(=S)NC(=O)OC. The lowest BCUT2D eigenvalue weighted by molar-refractivity contribution is 0.177. The van der Waals surface area contributed by atoms with Crippen molar-refractivity contribution in [2.75, 3.05) is 24.4 Å². The number of para-hydroxylation sites is 2. The number of amides is 1. The van der Waals surface area contributed by atoms with Crippen LogP contribution in [0.25, 0.3) is 0 Å². The molecule has 0 saturated carbocycles. The Bertz CT molecular complexity index is 508. The minimum atomic E-state index is -0.641. The first-order valence-electron chi connectivity index (χ1n) is 5.75. The topological polar surface area (TPSA) is 71.6 Å². The molecule has 1 aromatic carbocycles. The minimum absolute atomic E-state index is 0.119. The van der Waals surface area contributed by atoms with Crippen LogP contribution in [0.3, 0.4) is 0 Å². The van der Waals surface area contributed by atoms with E-state index in [-0.39, 0.29) is 10.3 Å². The summed E-state index contributed by atoms with van der Waals surface area (Å²) in [5, 5.41) is 8.52. The molecule has 0 atom stereocenters. The summed E-state index contributed by atoms with van der Waals surface area (Å²) in [4.78, 5) is 11.0. The van der Waals surface area contributed by atoms with Crippen LogP contribution in [0.2, 0.25) is 0 Å². The van der Waals surface area contributed by atoms with Gasteiger partial charge in [-0.1, -0.05) is 12.1 Å². The number of methoxy groups -OCH3 is 1. The van der Waals surface area contributed by atoms with Crippen LogP contribution < -0.4 is 16.0 Å². The number of thiocarbonyl (C=S) groups is 2. The van der Waals surface area contributed by atoms with Gasteiger partial charge in [0.1, 0.15) is 0 Å². The van der Waals surface area contributed by atoms with E-state index in [0.717, 1.165) is 0 Å². The average Bonchev–Trinajstić information content (AvgIpc) is 2.41. The van der Waals surface area contributed by atoms with Crippen molar-refractivity contribution in [1.29, 1.82) is 0 Å². The predicted molar refractivity (Wildman–Crippen MR) is 86.1 cm³/mol. The number of alkyl carbamates (subject to hydrolysis) is 1. The maximum absolute atomic E-state index is 11.0. The van der Waals surface area contributed by atoms with E-state index in [0.29, 0.717) is 18.0 Å². The average molecular weight is 313 g/mol. The van der Waals surface area contributed by atoms with Gasteiger partial charge in [0, 0.05) is 0 Å². The highest BCUT2D eigenvalue weighted by Crippen LogP contribution is 2.21. The zero-order valence-electron chi connectivity index (χ0n) is 11.1. The fourth-order valence-corrected chi connectivity index (χ4v) is 1.70. The second-order valence-electron chi connectivity index (χ2n) is 3.46. The third-order valence-corrected chi connectivity index (χ3v) is 2.51. The molecule has 0 aliphatic heterocycles. The largest absolute Gasteiger partial charge is 0.471 e. The second kappa shape index (κ2) is 8.28. The van der Waals surface area contributed by atoms with Crippen LogP contribution in [0.15, 0.2) is 24.3 Å². The van der Waals surface area contributed by atoms with Crippen molar-refractivity contribution in [3.63, 3.8) is 0 Å². The van der Waals surface area contributed by atoms with Crippen molar-refractivity contribution >= 4 is 52.2 Å². The molecule has 0 aliphatic carbocycles. The number of nitrogens with one attached hydrogen (secondary N) is 3. The number of hydrogen-bond acceptors (Lipinski definition) is 5. The zero-order valence-corrected chi connectivity index (χ0v) is 12.7. The third kappa shape index (κ3) is 5.37. The van der Waals surface area contributed by atoms with E-state index in [9.17, 15) is 4.79 Å². The van der Waals surface area contributed by atoms with Gasteiger partial charge in [-0.05, 0) is 43.5 Å². The molecule has 0 bridgehead atoms. The van der Waals surface area contributed by atoms with E-state index in [1.165, 1.54) is 7.11 Å². The number of rotatable bonds is 3. The lowest BCUT2D eigenvalue weighted by Crippen LogP contribution is -2.34. The quantitative estimate of drug-likeness (QED) is 0.740. The predicted octanol–water partition coefficient (Wildman–Crippen LogP) is 2.47. The Morgan fingerprint density at radius 1 is 1.20 bits per heavy atom. The molecular formula is C12H15N3O3S2. The van der Waals surface area contributed by atoms with Crippen molar-refractivity contribution in [1.82, 2.24) is 5.32 Å². The molecule has 8 heteroatoms. The Morgan fingerprint density at radius 3 is 2.35 bits per heavy atom. The van der Waals surface area contributed by atoms with E-state index < -0.39 is 6.09 Å². The molecule has 0 aromatic heterocycles. The van der Waals surface area contributed by atoms with Gasteiger partial charge in [0.2, 0.25) is 0 Å². The molecule has 3 N–H and O–H groups in total. The molecule has 0 spiro atoms. The lowest BCUT2D eigenvalue weighted by Gasteiger charge is -2.14. The summed E-state index contributed by atoms with van der Waals surface area (Å²) in [6, 6.07) is 7.23. The zero-order chi connectivity index (χ0) is 15.0. The molecule has 0 saturated heterocycles. The van der Waals surface area contributed by atoms with Gasteiger partial charge < -0.3 is 20.1 Å². The van der Waals surface area contributed by atoms with E-state index in [4.69, 9.17) is 29.2 Å². The van der Waals surface area contributed by atoms with Crippen molar-refractivity contribution in [2.45, 2.75) is 6.92 Å². The molecule has 108 valence electrons. The van der Waals surface area contributed by atoms with Crippen LogP contribution in [0, 0.1) is 0 Å². The second-order valence-corrected chi connectivity index (χ2v) is 4.24. The number of carbonyl (C=O) groups is 1. The number of benzene rings is 1. The first-order chi connectivity index (χ1) is 9.56. The summed E-state index contributed by atoms with van der Waals surface area (Å²) in [6.45, 7) is 2.32. The fourth-order valence-electron chi connectivity index (χ4n) is 1.28. The summed E-state index contributed by atoms with van der Waals surface area (Å²) < 4.78 is 9.61. The molecule has 20 heavy (non-hydrogen) atoms. The molecule has 0 heterocycles. The van der Waals surface area contributed by atoms with Gasteiger partial charge in [-0.2, -0.15) is 0 Å². The normalized spacial score (nSPS) is 9.30. The molecule has 1 amide bonds. The van der Waals surface area contributed by atoms with Gasteiger partial charge in [-0.25, -0.2) is 4.79 Å². The van der Waals surface area contributed by atoms with Gasteiger partial charge in [0.15, 0.2) is 5.11 Å². The standard InChI is InChI=1S/C12H15N3O3S2/c1-3-18-12(20)14-9-7-5-4-6-8(9)13-10(19)15-11(16)17-2/h4-7H,3H2,1-2H3,(H,14,20)(H2,13,15,16,19). The van der Waals surface area contributed by atoms with Gasteiger partial charge in [0.25, 0.3) is 5.17 Å². The summed E-state index contributed by atoms with van der Waals surface area (Å²) in [7, 11) is 1.26. The molecule has 0 radical (unpaired) electrons. The molecule has 0 fully saturated rings. The Kier molecular flexibility index (Phi) is 6.68. The molecule has 1 rings (SSSR count). The summed E-state index contributed by atoms with van der Waals surface area (Å²) >= 11 is 10.0. The summed E-state index contributed by atoms with van der Waals surface area (Å²) in [5.74, 6) is 0. The maximum atomic E-state index is 11.0. The summed E-state index contributed by atoms with van der Waals surface area (Å²) in [6.07, 6.45) is -0.641. The van der Waals surface area contributed by atoms with Crippen molar-refractivity contribution in [2.24, 2.45) is 0 Å². The van der Waals surface area contributed by atoms with Crippen LogP contribution in [0.4, 0.5) is 16.2 Å². The Hall–Kier alpha value is -1.93. The highest BCUT2D eigenvalue weighted by molar-refractivity contribution is 7.80.